The molecule has 0 spiro atoms. The number of carbonyl (C=O) groups excluding carboxylic acids is 1. The molecule has 3 aromatic rings. The second-order valence-corrected chi connectivity index (χ2v) is 6.06. The molecular weight excluding hydrogens is 319 g/mol. The third kappa shape index (κ3) is 2.50. The Kier molecular flexibility index (Phi) is 3.80. The fourth-order valence-electron chi connectivity index (χ4n) is 3.38. The van der Waals surface area contributed by atoms with Crippen LogP contribution in [0.15, 0.2) is 48.8 Å². The van der Waals surface area contributed by atoms with E-state index in [4.69, 9.17) is 0 Å². The van der Waals surface area contributed by atoms with E-state index in [1.165, 1.54) is 12.1 Å². The van der Waals surface area contributed by atoms with Crippen molar-refractivity contribution in [2.24, 2.45) is 0 Å². The Hall–Kier alpha value is -3.02. The van der Waals surface area contributed by atoms with Crippen LogP contribution in [-0.2, 0) is 0 Å². The number of fused-ring (bicyclic) bond motifs is 1. The first-order chi connectivity index (χ1) is 12.2. The molecule has 1 atom stereocenters. The molecule has 1 amide bonds. The third-order valence-electron chi connectivity index (χ3n) is 4.45. The number of hydrogen-bond acceptors (Lipinski definition) is 3. The van der Waals surface area contributed by atoms with E-state index >= 15 is 0 Å². The molecule has 1 N–H and O–H groups in total. The van der Waals surface area contributed by atoms with Crippen LogP contribution in [0.3, 0.4) is 0 Å². The van der Waals surface area contributed by atoms with Crippen molar-refractivity contribution in [1.82, 2.24) is 20.1 Å². The predicted octanol–water partition coefficient (Wildman–Crippen LogP) is 3.57. The molecule has 4 rings (SSSR count). The SMILES string of the molecule is CCCN1C(=O)c2[nH]nc(-c3ccc(F)cc3)c2[C@H]1c1cccnc1. The molecule has 5 nitrogen and oxygen atoms in total. The Labute approximate surface area is 144 Å². The number of rotatable bonds is 4. The fraction of sp³-hybridized carbons (Fsp3) is 0.211. The van der Waals surface area contributed by atoms with Gasteiger partial charge in [-0.25, -0.2) is 4.39 Å². The number of benzene rings is 1. The van der Waals surface area contributed by atoms with E-state index in [0.717, 1.165) is 23.1 Å². The van der Waals surface area contributed by atoms with Crippen LogP contribution in [0.2, 0.25) is 0 Å². The summed E-state index contributed by atoms with van der Waals surface area (Å²) in [5.41, 5.74) is 3.72. The van der Waals surface area contributed by atoms with Gasteiger partial charge >= 0.3 is 0 Å². The number of halogens is 1. The molecule has 25 heavy (non-hydrogen) atoms. The lowest BCUT2D eigenvalue weighted by Gasteiger charge is -2.25. The monoisotopic (exact) mass is 336 g/mol. The summed E-state index contributed by atoms with van der Waals surface area (Å²) in [6.07, 6.45) is 4.34. The molecule has 6 heteroatoms. The van der Waals surface area contributed by atoms with Gasteiger partial charge in [-0.15, -0.1) is 0 Å². The van der Waals surface area contributed by atoms with Gasteiger partial charge in [0.25, 0.3) is 5.91 Å². The Morgan fingerprint density at radius 1 is 1.24 bits per heavy atom. The Bertz CT molecular complexity index is 905. The molecule has 3 heterocycles. The van der Waals surface area contributed by atoms with Crippen molar-refractivity contribution < 1.29 is 9.18 Å². The molecule has 1 aromatic carbocycles. The number of nitrogens with zero attached hydrogens (tertiary/aromatic N) is 3. The van der Waals surface area contributed by atoms with Crippen LogP contribution in [-0.4, -0.2) is 32.5 Å². The fourth-order valence-corrected chi connectivity index (χ4v) is 3.38. The zero-order chi connectivity index (χ0) is 17.4. The van der Waals surface area contributed by atoms with Crippen LogP contribution in [0, 0.1) is 5.82 Å². The van der Waals surface area contributed by atoms with E-state index < -0.39 is 0 Å². The van der Waals surface area contributed by atoms with Gasteiger partial charge in [0.05, 0.1) is 11.7 Å². The van der Waals surface area contributed by atoms with Crippen molar-refractivity contribution in [2.45, 2.75) is 19.4 Å². The van der Waals surface area contributed by atoms with Gasteiger partial charge in [0.2, 0.25) is 0 Å². The summed E-state index contributed by atoms with van der Waals surface area (Å²) in [5, 5.41) is 7.22. The molecule has 0 fully saturated rings. The maximum Gasteiger partial charge on any atom is 0.273 e. The number of pyridine rings is 1. The summed E-state index contributed by atoms with van der Waals surface area (Å²) in [4.78, 5) is 18.9. The first-order valence-electron chi connectivity index (χ1n) is 8.25. The Balaban J connectivity index is 1.88. The van der Waals surface area contributed by atoms with E-state index in [1.54, 1.807) is 24.5 Å². The molecule has 0 aliphatic carbocycles. The summed E-state index contributed by atoms with van der Waals surface area (Å²) in [6, 6.07) is 9.74. The number of aromatic nitrogens is 3. The first kappa shape index (κ1) is 15.5. The molecule has 0 unspecified atom stereocenters. The molecule has 1 aliphatic heterocycles. The molecule has 2 aromatic heterocycles. The molecule has 1 aliphatic rings. The van der Waals surface area contributed by atoms with Gasteiger partial charge in [0.15, 0.2) is 0 Å². The number of nitrogens with one attached hydrogen (secondary N) is 1. The maximum atomic E-state index is 13.3. The molecular formula is C19H17FN4O. The zero-order valence-electron chi connectivity index (χ0n) is 13.7. The van der Waals surface area contributed by atoms with Crippen molar-refractivity contribution in [3.63, 3.8) is 0 Å². The van der Waals surface area contributed by atoms with Crippen LogP contribution in [0.5, 0.6) is 0 Å². The Morgan fingerprint density at radius 3 is 2.72 bits per heavy atom. The molecule has 0 saturated heterocycles. The van der Waals surface area contributed by atoms with Gasteiger partial charge in [0, 0.05) is 30.1 Å². The van der Waals surface area contributed by atoms with Gasteiger partial charge in [-0.05, 0) is 42.3 Å². The van der Waals surface area contributed by atoms with E-state index in [9.17, 15) is 9.18 Å². The number of hydrogen-bond donors (Lipinski definition) is 1. The van der Waals surface area contributed by atoms with Crippen molar-refractivity contribution >= 4 is 5.91 Å². The number of aromatic amines is 1. The van der Waals surface area contributed by atoms with Crippen LogP contribution in [0.25, 0.3) is 11.3 Å². The second-order valence-electron chi connectivity index (χ2n) is 6.06. The van der Waals surface area contributed by atoms with E-state index in [1.807, 2.05) is 24.0 Å². The summed E-state index contributed by atoms with van der Waals surface area (Å²) in [6.45, 7) is 2.68. The van der Waals surface area contributed by atoms with Crippen molar-refractivity contribution in [3.8, 4) is 11.3 Å². The van der Waals surface area contributed by atoms with Crippen molar-refractivity contribution in [3.05, 3.63) is 71.4 Å². The van der Waals surface area contributed by atoms with E-state index in [2.05, 4.69) is 15.2 Å². The largest absolute Gasteiger partial charge is 0.326 e. The number of H-pyrrole nitrogens is 1. The minimum Gasteiger partial charge on any atom is -0.326 e. The molecule has 0 radical (unpaired) electrons. The summed E-state index contributed by atoms with van der Waals surface area (Å²) in [5.74, 6) is -0.366. The smallest absolute Gasteiger partial charge is 0.273 e. The number of amides is 1. The first-order valence-corrected chi connectivity index (χ1v) is 8.25. The highest BCUT2D eigenvalue weighted by atomic mass is 19.1. The Morgan fingerprint density at radius 2 is 2.04 bits per heavy atom. The standard InChI is InChI=1S/C19H17FN4O/c1-2-10-24-18(13-4-3-9-21-11-13)15-16(22-23-17(15)19(24)25)12-5-7-14(20)8-6-12/h3-9,11,18H,2,10H2,1H3,(H,22,23)/t18-/m1/s1. The topological polar surface area (TPSA) is 61.9 Å². The van der Waals surface area contributed by atoms with Gasteiger partial charge in [-0.3, -0.25) is 14.9 Å². The van der Waals surface area contributed by atoms with Gasteiger partial charge < -0.3 is 4.90 Å². The molecule has 0 bridgehead atoms. The maximum absolute atomic E-state index is 13.3. The quantitative estimate of drug-likeness (QED) is 0.792. The molecule has 0 saturated carbocycles. The average Bonchev–Trinajstić information content (AvgIpc) is 3.17. The summed E-state index contributed by atoms with van der Waals surface area (Å²) >= 11 is 0. The van der Waals surface area contributed by atoms with Crippen molar-refractivity contribution in [2.75, 3.05) is 6.54 Å². The highest BCUT2D eigenvalue weighted by Gasteiger charge is 2.41. The molecule has 126 valence electrons. The van der Waals surface area contributed by atoms with Gasteiger partial charge in [0.1, 0.15) is 11.5 Å². The zero-order valence-corrected chi connectivity index (χ0v) is 13.7. The minimum atomic E-state index is -0.302. The van der Waals surface area contributed by atoms with E-state index in [-0.39, 0.29) is 17.8 Å². The highest BCUT2D eigenvalue weighted by molar-refractivity contribution is 6.00. The van der Waals surface area contributed by atoms with Crippen LogP contribution in [0.1, 0.15) is 41.0 Å². The lowest BCUT2D eigenvalue weighted by Crippen LogP contribution is -2.30. The van der Waals surface area contributed by atoms with Crippen LogP contribution in [0.4, 0.5) is 4.39 Å². The summed E-state index contributed by atoms with van der Waals surface area (Å²) < 4.78 is 13.3. The van der Waals surface area contributed by atoms with Crippen molar-refractivity contribution in [1.29, 1.82) is 0 Å². The summed E-state index contributed by atoms with van der Waals surface area (Å²) in [7, 11) is 0. The second kappa shape index (κ2) is 6.12. The lowest BCUT2D eigenvalue weighted by atomic mass is 9.97. The van der Waals surface area contributed by atoms with Gasteiger partial charge in [-0.2, -0.15) is 5.10 Å². The number of carbonyl (C=O) groups is 1. The van der Waals surface area contributed by atoms with E-state index in [0.29, 0.717) is 17.9 Å². The normalized spacial score (nSPS) is 16.3. The van der Waals surface area contributed by atoms with Gasteiger partial charge in [-0.1, -0.05) is 13.0 Å². The minimum absolute atomic E-state index is 0.0634. The van der Waals surface area contributed by atoms with Crippen LogP contribution >= 0.6 is 0 Å². The predicted molar refractivity (Wildman–Crippen MR) is 91.4 cm³/mol. The average molecular weight is 336 g/mol. The van der Waals surface area contributed by atoms with Crippen LogP contribution < -0.4 is 0 Å². The highest BCUT2D eigenvalue weighted by Crippen LogP contribution is 2.42. The third-order valence-corrected chi connectivity index (χ3v) is 4.45. The lowest BCUT2D eigenvalue weighted by molar-refractivity contribution is 0.0744.